The molecule has 1 fully saturated rings. The van der Waals surface area contributed by atoms with Gasteiger partial charge in [-0.05, 0) is 49.0 Å². The van der Waals surface area contributed by atoms with Gasteiger partial charge in [-0.1, -0.05) is 32.4 Å². The number of fused-ring (bicyclic) bond motifs is 2. The van der Waals surface area contributed by atoms with E-state index in [1.807, 2.05) is 6.92 Å². The van der Waals surface area contributed by atoms with Crippen LogP contribution in [0.4, 0.5) is 0 Å². The van der Waals surface area contributed by atoms with Gasteiger partial charge in [0.05, 0.1) is 18.3 Å². The predicted molar refractivity (Wildman–Crippen MR) is 93.2 cm³/mol. The molecule has 1 saturated carbocycles. The molecule has 0 heterocycles. The Morgan fingerprint density at radius 2 is 1.83 bits per heavy atom. The van der Waals surface area contributed by atoms with Crippen molar-refractivity contribution in [3.05, 3.63) is 23.8 Å². The Balaban J connectivity index is 2.15. The summed E-state index contributed by atoms with van der Waals surface area (Å²) < 4.78 is 0. The minimum atomic E-state index is -0.763. The van der Waals surface area contributed by atoms with E-state index in [1.165, 1.54) is 0 Å². The Hall–Kier alpha value is -0.680. The van der Waals surface area contributed by atoms with Crippen LogP contribution in [0.3, 0.4) is 0 Å². The Morgan fingerprint density at radius 1 is 1.17 bits per heavy atom. The van der Waals surface area contributed by atoms with E-state index in [9.17, 15) is 20.4 Å². The van der Waals surface area contributed by atoms with Crippen molar-refractivity contribution in [3.63, 3.8) is 0 Å². The fraction of sp³-hybridized carbons (Fsp3) is 0.800. The minimum absolute atomic E-state index is 0.00721. The Labute approximate surface area is 144 Å². The van der Waals surface area contributed by atoms with Crippen LogP contribution in [-0.2, 0) is 0 Å². The van der Waals surface area contributed by atoms with Crippen molar-refractivity contribution in [1.82, 2.24) is 0 Å². The van der Waals surface area contributed by atoms with E-state index in [-0.39, 0.29) is 17.9 Å². The van der Waals surface area contributed by atoms with Crippen LogP contribution in [0.5, 0.6) is 0 Å². The zero-order valence-corrected chi connectivity index (χ0v) is 15.1. The van der Waals surface area contributed by atoms with Crippen LogP contribution in [0.1, 0.15) is 52.9 Å². The molecule has 7 atom stereocenters. The van der Waals surface area contributed by atoms with Gasteiger partial charge in [0, 0.05) is 17.4 Å². The molecule has 0 saturated heterocycles. The van der Waals surface area contributed by atoms with Crippen molar-refractivity contribution in [1.29, 1.82) is 0 Å². The molecular formula is C20H32O4. The van der Waals surface area contributed by atoms with Crippen molar-refractivity contribution in [2.24, 2.45) is 22.2 Å². The third kappa shape index (κ3) is 2.20. The van der Waals surface area contributed by atoms with Crippen molar-refractivity contribution in [2.45, 2.75) is 71.2 Å². The van der Waals surface area contributed by atoms with E-state index in [4.69, 9.17) is 0 Å². The molecule has 0 unspecified atom stereocenters. The zero-order valence-electron chi connectivity index (χ0n) is 15.1. The summed E-state index contributed by atoms with van der Waals surface area (Å²) >= 11 is 0. The van der Waals surface area contributed by atoms with E-state index < -0.39 is 29.1 Å². The monoisotopic (exact) mass is 336 g/mol. The number of hydrogen-bond donors (Lipinski definition) is 4. The smallest absolute Gasteiger partial charge is 0.0865 e. The molecule has 4 heteroatoms. The lowest BCUT2D eigenvalue weighted by molar-refractivity contribution is -0.129. The van der Waals surface area contributed by atoms with Crippen LogP contribution in [0.2, 0.25) is 0 Å². The van der Waals surface area contributed by atoms with Crippen LogP contribution in [0.25, 0.3) is 0 Å². The molecule has 0 radical (unpaired) electrons. The van der Waals surface area contributed by atoms with E-state index in [1.54, 1.807) is 6.08 Å². The highest BCUT2D eigenvalue weighted by atomic mass is 16.3. The molecule has 0 aromatic rings. The van der Waals surface area contributed by atoms with E-state index >= 15 is 0 Å². The summed E-state index contributed by atoms with van der Waals surface area (Å²) in [6, 6.07) is 0. The fourth-order valence-corrected chi connectivity index (χ4v) is 5.75. The first kappa shape index (κ1) is 18.1. The first-order chi connectivity index (χ1) is 11.1. The lowest BCUT2D eigenvalue weighted by Crippen LogP contribution is -2.59. The molecule has 0 aromatic heterocycles. The average molecular weight is 336 g/mol. The van der Waals surface area contributed by atoms with Gasteiger partial charge in [0.1, 0.15) is 0 Å². The lowest BCUT2D eigenvalue weighted by atomic mass is 9.46. The molecule has 0 aliphatic heterocycles. The summed E-state index contributed by atoms with van der Waals surface area (Å²) in [4.78, 5) is 0. The van der Waals surface area contributed by atoms with Gasteiger partial charge in [-0.3, -0.25) is 0 Å². The molecule has 3 aliphatic carbocycles. The van der Waals surface area contributed by atoms with Crippen molar-refractivity contribution in [3.8, 4) is 0 Å². The molecular weight excluding hydrogens is 304 g/mol. The Morgan fingerprint density at radius 3 is 2.42 bits per heavy atom. The number of aliphatic hydroxyl groups excluding tert-OH is 4. The molecule has 24 heavy (non-hydrogen) atoms. The highest BCUT2D eigenvalue weighted by Crippen LogP contribution is 2.63. The quantitative estimate of drug-likeness (QED) is 0.583. The molecule has 4 N–H and O–H groups in total. The van der Waals surface area contributed by atoms with Gasteiger partial charge in [0.25, 0.3) is 0 Å². The van der Waals surface area contributed by atoms with Gasteiger partial charge in [-0.15, -0.1) is 6.58 Å². The molecule has 0 aromatic carbocycles. The summed E-state index contributed by atoms with van der Waals surface area (Å²) in [5.74, 6) is 0.00721. The molecule has 4 nitrogen and oxygen atoms in total. The summed E-state index contributed by atoms with van der Waals surface area (Å²) in [5.41, 5.74) is 0.475. The standard InChI is InChI=1S/C20H32O4/c1-5-18(2)8-6-12-16(17(18)24)13(22)10-14-19(3,11-21)9-7-15(23)20(12,14)4/h5,13-15,17,21-24H,1,6-11H2,2-4H3/t13-,14+,15+,17-,18+,19+,20-/m1/s1. The van der Waals surface area contributed by atoms with Crippen molar-refractivity contribution in [2.75, 3.05) is 6.61 Å². The van der Waals surface area contributed by atoms with Gasteiger partial charge < -0.3 is 20.4 Å². The number of rotatable bonds is 2. The van der Waals surface area contributed by atoms with Gasteiger partial charge >= 0.3 is 0 Å². The molecule has 3 aliphatic rings. The topological polar surface area (TPSA) is 80.9 Å². The van der Waals surface area contributed by atoms with Gasteiger partial charge in [-0.25, -0.2) is 0 Å². The van der Waals surface area contributed by atoms with Gasteiger partial charge in [0.2, 0.25) is 0 Å². The Bertz CT molecular complexity index is 570. The maximum absolute atomic E-state index is 11.0. The molecule has 0 bridgehead atoms. The third-order valence-corrected chi connectivity index (χ3v) is 7.72. The van der Waals surface area contributed by atoms with Crippen LogP contribution < -0.4 is 0 Å². The summed E-state index contributed by atoms with van der Waals surface area (Å²) in [6.45, 7) is 10.0. The number of hydrogen-bond acceptors (Lipinski definition) is 4. The van der Waals surface area contributed by atoms with E-state index in [2.05, 4.69) is 20.4 Å². The van der Waals surface area contributed by atoms with Gasteiger partial charge in [0.15, 0.2) is 0 Å². The summed E-state index contributed by atoms with van der Waals surface area (Å²) in [6.07, 6.45) is 3.19. The first-order valence-corrected chi connectivity index (χ1v) is 9.16. The van der Waals surface area contributed by atoms with Crippen molar-refractivity contribution >= 4 is 0 Å². The summed E-state index contributed by atoms with van der Waals surface area (Å²) in [7, 11) is 0. The van der Waals surface area contributed by atoms with Gasteiger partial charge in [-0.2, -0.15) is 0 Å². The Kier molecular flexibility index (Phi) is 4.28. The van der Waals surface area contributed by atoms with Crippen molar-refractivity contribution < 1.29 is 20.4 Å². The molecule has 136 valence electrons. The fourth-order valence-electron chi connectivity index (χ4n) is 5.75. The molecule has 0 spiro atoms. The van der Waals surface area contributed by atoms with Crippen LogP contribution in [-0.4, -0.2) is 45.3 Å². The zero-order chi connectivity index (χ0) is 17.9. The second kappa shape index (κ2) is 5.66. The number of aliphatic hydroxyl groups is 4. The highest BCUT2D eigenvalue weighted by molar-refractivity contribution is 5.39. The second-order valence-electron chi connectivity index (χ2n) is 9.00. The average Bonchev–Trinajstić information content (AvgIpc) is 2.57. The maximum atomic E-state index is 11.0. The van der Waals surface area contributed by atoms with Crippen LogP contribution >= 0.6 is 0 Å². The largest absolute Gasteiger partial charge is 0.396 e. The lowest BCUT2D eigenvalue weighted by Gasteiger charge is -2.60. The first-order valence-electron chi connectivity index (χ1n) is 9.16. The van der Waals surface area contributed by atoms with E-state index in [0.29, 0.717) is 18.4 Å². The molecule has 0 amide bonds. The van der Waals surface area contributed by atoms with E-state index in [0.717, 1.165) is 24.8 Å². The third-order valence-electron chi connectivity index (χ3n) is 7.72. The minimum Gasteiger partial charge on any atom is -0.396 e. The van der Waals surface area contributed by atoms with Crippen LogP contribution in [0.15, 0.2) is 23.8 Å². The highest BCUT2D eigenvalue weighted by Gasteiger charge is 2.60. The van der Waals surface area contributed by atoms with Crippen LogP contribution in [0, 0.1) is 22.2 Å². The predicted octanol–water partition coefficient (Wildman–Crippen LogP) is 2.17. The SMILES string of the molecule is C=C[C@@]1(C)CCC2=C([C@H](O)C[C@H]3[C@](C)(CO)CC[C@H](O)[C@]23C)[C@H]1O. The maximum Gasteiger partial charge on any atom is 0.0865 e. The second-order valence-corrected chi connectivity index (χ2v) is 9.00. The summed E-state index contributed by atoms with van der Waals surface area (Å²) in [5, 5.41) is 42.7. The molecule has 3 rings (SSSR count). The normalized spacial score (nSPS) is 51.8.